The van der Waals surface area contributed by atoms with Gasteiger partial charge in [0.25, 0.3) is 0 Å². The van der Waals surface area contributed by atoms with Gasteiger partial charge in [0, 0.05) is 42.4 Å². The van der Waals surface area contributed by atoms with E-state index < -0.39 is 0 Å². The first-order valence-corrected chi connectivity index (χ1v) is 9.49. The zero-order valence-electron chi connectivity index (χ0n) is 15.6. The molecule has 0 fully saturated rings. The van der Waals surface area contributed by atoms with Crippen molar-refractivity contribution in [2.75, 3.05) is 12.8 Å². The maximum absolute atomic E-state index is 4.78. The van der Waals surface area contributed by atoms with Crippen molar-refractivity contribution in [3.05, 3.63) is 64.4 Å². The van der Waals surface area contributed by atoms with Crippen LogP contribution in [0.2, 0.25) is 0 Å². The molecule has 2 rings (SSSR count). The number of aryl methyl sites for hydroxylation is 1. The van der Waals surface area contributed by atoms with Crippen LogP contribution in [0.3, 0.4) is 0 Å². The third-order valence-corrected chi connectivity index (χ3v) is 4.98. The summed E-state index contributed by atoms with van der Waals surface area (Å²) in [6.07, 6.45) is 3.80. The number of hydrogen-bond acceptors (Lipinski definition) is 4. The Balaban J connectivity index is 1.91. The van der Waals surface area contributed by atoms with Crippen LogP contribution < -0.4 is 5.32 Å². The quantitative estimate of drug-likeness (QED) is 0.514. The van der Waals surface area contributed by atoms with E-state index in [4.69, 9.17) is 4.99 Å². The van der Waals surface area contributed by atoms with E-state index in [0.29, 0.717) is 0 Å². The average Bonchev–Trinajstić information content (AvgIpc) is 2.99. The Morgan fingerprint density at radius 2 is 2.12 bits per heavy atom. The largest absolute Gasteiger partial charge is 0.351 e. The van der Waals surface area contributed by atoms with Crippen molar-refractivity contribution in [2.45, 2.75) is 33.6 Å². The Morgan fingerprint density at radius 3 is 2.76 bits per heavy atom. The van der Waals surface area contributed by atoms with E-state index in [2.05, 4.69) is 62.4 Å². The predicted molar refractivity (Wildman–Crippen MR) is 113 cm³/mol. The minimum atomic E-state index is 0.826. The number of thioether (sulfide) groups is 1. The fourth-order valence-corrected chi connectivity index (χ4v) is 3.38. The van der Waals surface area contributed by atoms with Crippen LogP contribution in [0, 0.1) is 0 Å². The number of nitrogens with one attached hydrogen (secondary N) is 1. The van der Waals surface area contributed by atoms with E-state index >= 15 is 0 Å². The van der Waals surface area contributed by atoms with Crippen molar-refractivity contribution >= 4 is 29.4 Å². The minimum absolute atomic E-state index is 0.826. The van der Waals surface area contributed by atoms with Gasteiger partial charge in [-0.25, -0.2) is 0 Å². The van der Waals surface area contributed by atoms with Crippen molar-refractivity contribution in [1.82, 2.24) is 5.32 Å². The molecule has 0 unspecified atom stereocenters. The first-order valence-electron chi connectivity index (χ1n) is 8.50. The molecule has 1 aromatic rings. The topological polar surface area (TPSA) is 36.8 Å². The highest BCUT2D eigenvalue weighted by Crippen LogP contribution is 2.29. The van der Waals surface area contributed by atoms with Gasteiger partial charge in [0.05, 0.1) is 10.7 Å². The van der Waals surface area contributed by atoms with Gasteiger partial charge in [-0.2, -0.15) is 0 Å². The summed E-state index contributed by atoms with van der Waals surface area (Å²) in [4.78, 5) is 8.87. The summed E-state index contributed by atoms with van der Waals surface area (Å²) in [5, 5.41) is 4.16. The van der Waals surface area contributed by atoms with Crippen LogP contribution in [0.25, 0.3) is 0 Å². The van der Waals surface area contributed by atoms with E-state index in [1.807, 2.05) is 6.21 Å². The highest BCUT2D eigenvalue weighted by atomic mass is 32.2. The van der Waals surface area contributed by atoms with Crippen LogP contribution in [0.5, 0.6) is 0 Å². The third kappa shape index (κ3) is 5.20. The number of allylic oxidation sites excluding steroid dienone is 2. The molecule has 1 aliphatic heterocycles. The third-order valence-electron chi connectivity index (χ3n) is 4.06. The Hall–Kier alpha value is -2.07. The first-order chi connectivity index (χ1) is 11.9. The van der Waals surface area contributed by atoms with Crippen LogP contribution in [-0.2, 0) is 12.8 Å². The normalized spacial score (nSPS) is 12.7. The molecule has 3 nitrogen and oxygen atoms in total. The van der Waals surface area contributed by atoms with Gasteiger partial charge in [-0.1, -0.05) is 37.8 Å². The lowest BCUT2D eigenvalue weighted by Crippen LogP contribution is -2.14. The lowest BCUT2D eigenvalue weighted by Gasteiger charge is -2.13. The molecule has 0 saturated heterocycles. The fraction of sp³-hybridized carbons (Fsp3) is 0.333. The number of benzene rings is 1. The molecule has 0 saturated carbocycles. The smallest absolute Gasteiger partial charge is 0.0668 e. The second-order valence-electron chi connectivity index (χ2n) is 6.29. The van der Waals surface area contributed by atoms with Crippen molar-refractivity contribution in [2.24, 2.45) is 9.98 Å². The van der Waals surface area contributed by atoms with E-state index in [0.717, 1.165) is 40.6 Å². The molecular formula is C21H27N3S. The molecule has 0 aliphatic carbocycles. The number of fused-ring (bicyclic) bond motifs is 1. The molecule has 1 aromatic carbocycles. The standard InChI is InChI=1S/C21H27N3S/c1-7-17-8-9-18-11-19(24-21(18)10-17)13-25-16(5)23-15(4)20(12-22-6)14(2)3/h8-10,12,23H,4-5,7,11,13H2,1-3,6H3. The second-order valence-corrected chi connectivity index (χ2v) is 7.36. The van der Waals surface area contributed by atoms with Gasteiger partial charge in [0.2, 0.25) is 0 Å². The molecule has 0 aromatic heterocycles. The lowest BCUT2D eigenvalue weighted by molar-refractivity contribution is 1.07. The summed E-state index contributed by atoms with van der Waals surface area (Å²) < 4.78 is 0. The molecule has 0 spiro atoms. The molecule has 0 atom stereocenters. The highest BCUT2D eigenvalue weighted by molar-refractivity contribution is 8.03. The van der Waals surface area contributed by atoms with Crippen LogP contribution in [-0.4, -0.2) is 24.7 Å². The number of aliphatic imine (C=N–C) groups is 2. The lowest BCUT2D eigenvalue weighted by atomic mass is 10.1. The molecule has 132 valence electrons. The maximum Gasteiger partial charge on any atom is 0.0668 e. The monoisotopic (exact) mass is 353 g/mol. The first kappa shape index (κ1) is 19.3. The van der Waals surface area contributed by atoms with Crippen molar-refractivity contribution in [3.63, 3.8) is 0 Å². The van der Waals surface area contributed by atoms with Gasteiger partial charge in [0.15, 0.2) is 0 Å². The molecule has 0 amide bonds. The SMILES string of the molecule is C=C(NC(=C)C(C=NC)=C(C)C)SCC1=Nc2cc(CC)ccc2C1. The van der Waals surface area contributed by atoms with Gasteiger partial charge < -0.3 is 5.32 Å². The molecule has 25 heavy (non-hydrogen) atoms. The molecule has 0 bridgehead atoms. The predicted octanol–water partition coefficient (Wildman–Crippen LogP) is 5.22. The number of rotatable bonds is 8. The van der Waals surface area contributed by atoms with E-state index in [-0.39, 0.29) is 0 Å². The number of hydrogen-bond donors (Lipinski definition) is 1. The Kier molecular flexibility index (Phi) is 6.82. The molecule has 0 radical (unpaired) electrons. The van der Waals surface area contributed by atoms with Gasteiger partial charge in [-0.3, -0.25) is 9.98 Å². The second kappa shape index (κ2) is 8.86. The van der Waals surface area contributed by atoms with Crippen molar-refractivity contribution in [3.8, 4) is 0 Å². The Bertz CT molecular complexity index is 765. The average molecular weight is 354 g/mol. The zero-order chi connectivity index (χ0) is 18.4. The summed E-state index contributed by atoms with van der Waals surface area (Å²) >= 11 is 1.67. The van der Waals surface area contributed by atoms with Crippen LogP contribution in [0.4, 0.5) is 5.69 Å². The van der Waals surface area contributed by atoms with Crippen LogP contribution in [0.15, 0.2) is 63.2 Å². The van der Waals surface area contributed by atoms with E-state index in [9.17, 15) is 0 Å². The van der Waals surface area contributed by atoms with Gasteiger partial charge in [-0.05, 0) is 37.5 Å². The molecule has 4 heteroatoms. The summed E-state index contributed by atoms with van der Waals surface area (Å²) in [7, 11) is 1.76. The molecule has 1 heterocycles. The molecule has 1 N–H and O–H groups in total. The summed E-state index contributed by atoms with van der Waals surface area (Å²) in [5.74, 6) is 0.835. The molecular weight excluding hydrogens is 326 g/mol. The summed E-state index contributed by atoms with van der Waals surface area (Å²) in [6.45, 7) is 14.5. The fourth-order valence-electron chi connectivity index (χ4n) is 2.68. The van der Waals surface area contributed by atoms with E-state index in [1.54, 1.807) is 18.8 Å². The molecule has 1 aliphatic rings. The summed E-state index contributed by atoms with van der Waals surface area (Å²) in [5.41, 5.74) is 7.99. The van der Waals surface area contributed by atoms with Crippen molar-refractivity contribution < 1.29 is 0 Å². The van der Waals surface area contributed by atoms with Gasteiger partial charge >= 0.3 is 0 Å². The zero-order valence-corrected chi connectivity index (χ0v) is 16.5. The van der Waals surface area contributed by atoms with Crippen molar-refractivity contribution in [1.29, 1.82) is 0 Å². The van der Waals surface area contributed by atoms with Gasteiger partial charge in [0.1, 0.15) is 0 Å². The van der Waals surface area contributed by atoms with Crippen LogP contribution in [0.1, 0.15) is 31.9 Å². The van der Waals surface area contributed by atoms with E-state index in [1.165, 1.54) is 22.4 Å². The maximum atomic E-state index is 4.78. The number of nitrogens with zero attached hydrogens (tertiary/aromatic N) is 2. The summed E-state index contributed by atoms with van der Waals surface area (Å²) in [6, 6.07) is 6.60. The highest BCUT2D eigenvalue weighted by Gasteiger charge is 2.15. The van der Waals surface area contributed by atoms with Crippen LogP contribution >= 0.6 is 11.8 Å². The Labute approximate surface area is 155 Å². The minimum Gasteiger partial charge on any atom is -0.351 e. The van der Waals surface area contributed by atoms with Gasteiger partial charge in [-0.15, -0.1) is 11.8 Å². The Morgan fingerprint density at radius 1 is 1.36 bits per heavy atom.